The molecule has 2 aromatic carbocycles. The van der Waals surface area contributed by atoms with Gasteiger partial charge in [-0.05, 0) is 38.3 Å². The Morgan fingerprint density at radius 3 is 2.50 bits per heavy atom. The van der Waals surface area contributed by atoms with Crippen molar-refractivity contribution in [2.45, 2.75) is 32.1 Å². The van der Waals surface area contributed by atoms with Crippen LogP contribution < -0.4 is 5.32 Å². The van der Waals surface area contributed by atoms with Crippen molar-refractivity contribution in [1.82, 2.24) is 15.5 Å². The number of nitrogens with one attached hydrogen (secondary N) is 1. The Balaban J connectivity index is 1.29. The first-order valence-corrected chi connectivity index (χ1v) is 11.3. The maximum absolute atomic E-state index is 13.0. The molecule has 1 amide bonds. The molecule has 0 unspecified atom stereocenters. The number of pyridine rings is 1. The van der Waals surface area contributed by atoms with Gasteiger partial charge in [0.2, 0.25) is 0 Å². The molecule has 0 atom stereocenters. The molecule has 0 radical (unpaired) electrons. The van der Waals surface area contributed by atoms with Gasteiger partial charge in [0.1, 0.15) is 0 Å². The van der Waals surface area contributed by atoms with Gasteiger partial charge < -0.3 is 14.6 Å². The van der Waals surface area contributed by atoms with E-state index in [2.05, 4.69) is 27.6 Å². The van der Waals surface area contributed by atoms with Crippen molar-refractivity contribution in [3.8, 4) is 11.3 Å². The summed E-state index contributed by atoms with van der Waals surface area (Å²) in [7, 11) is 0. The summed E-state index contributed by atoms with van der Waals surface area (Å²) >= 11 is 0. The third-order valence-corrected chi connectivity index (χ3v) is 6.38. The van der Waals surface area contributed by atoms with Crippen molar-refractivity contribution in [2.24, 2.45) is 0 Å². The SMILES string of the molecule is Cc1ccc(-c2cc(C(=O)OCC(=O)NCC3(c4ccccc4)CC3)c3c(C)noc3n2)cc1. The quantitative estimate of drug-likeness (QED) is 0.412. The third kappa shape index (κ3) is 4.29. The molecule has 1 saturated carbocycles. The molecule has 7 nitrogen and oxygen atoms in total. The van der Waals surface area contributed by atoms with Crippen LogP contribution >= 0.6 is 0 Å². The lowest BCUT2D eigenvalue weighted by molar-refractivity contribution is -0.124. The lowest BCUT2D eigenvalue weighted by Crippen LogP contribution is -2.35. The van der Waals surface area contributed by atoms with E-state index in [1.165, 1.54) is 5.56 Å². The molecular weight excluding hydrogens is 430 g/mol. The number of hydrogen-bond acceptors (Lipinski definition) is 6. The van der Waals surface area contributed by atoms with Crippen LogP contribution in [0, 0.1) is 13.8 Å². The number of benzene rings is 2. The largest absolute Gasteiger partial charge is 0.452 e. The highest BCUT2D eigenvalue weighted by Gasteiger charge is 2.44. The number of ether oxygens (including phenoxy) is 1. The van der Waals surface area contributed by atoms with Gasteiger partial charge in [-0.1, -0.05) is 65.3 Å². The molecule has 2 aromatic heterocycles. The zero-order chi connectivity index (χ0) is 23.7. The Labute approximate surface area is 197 Å². The summed E-state index contributed by atoms with van der Waals surface area (Å²) in [4.78, 5) is 30.0. The Morgan fingerprint density at radius 2 is 1.79 bits per heavy atom. The van der Waals surface area contributed by atoms with Crippen molar-refractivity contribution in [2.75, 3.05) is 13.2 Å². The average molecular weight is 456 g/mol. The predicted molar refractivity (Wildman–Crippen MR) is 127 cm³/mol. The summed E-state index contributed by atoms with van der Waals surface area (Å²) in [5.74, 6) is -0.951. The number of fused-ring (bicyclic) bond motifs is 1. The molecule has 7 heteroatoms. The van der Waals surface area contributed by atoms with E-state index >= 15 is 0 Å². The van der Waals surface area contributed by atoms with Crippen LogP contribution in [0.5, 0.6) is 0 Å². The van der Waals surface area contributed by atoms with Crippen molar-refractivity contribution in [3.05, 3.63) is 83.0 Å². The molecule has 1 N–H and O–H groups in total. The van der Waals surface area contributed by atoms with Crippen LogP contribution in [0.15, 0.2) is 65.2 Å². The topological polar surface area (TPSA) is 94.3 Å². The van der Waals surface area contributed by atoms with Gasteiger partial charge in [-0.3, -0.25) is 4.79 Å². The normalized spacial score (nSPS) is 14.1. The Morgan fingerprint density at radius 1 is 1.06 bits per heavy atom. The molecule has 0 saturated heterocycles. The fraction of sp³-hybridized carbons (Fsp3) is 0.259. The van der Waals surface area contributed by atoms with E-state index in [1.807, 2.05) is 49.4 Å². The lowest BCUT2D eigenvalue weighted by Gasteiger charge is -2.16. The smallest absolute Gasteiger partial charge is 0.339 e. The number of carbonyl (C=O) groups excluding carboxylic acids is 2. The maximum Gasteiger partial charge on any atom is 0.339 e. The minimum atomic E-state index is -0.619. The summed E-state index contributed by atoms with van der Waals surface area (Å²) in [5, 5.41) is 7.36. The van der Waals surface area contributed by atoms with Crippen LogP contribution in [0.2, 0.25) is 0 Å². The molecule has 34 heavy (non-hydrogen) atoms. The van der Waals surface area contributed by atoms with Gasteiger partial charge in [0.05, 0.1) is 22.3 Å². The maximum atomic E-state index is 13.0. The zero-order valence-electron chi connectivity index (χ0n) is 19.1. The zero-order valence-corrected chi connectivity index (χ0v) is 19.1. The van der Waals surface area contributed by atoms with Crippen LogP contribution in [-0.4, -0.2) is 35.2 Å². The molecule has 5 rings (SSSR count). The van der Waals surface area contributed by atoms with Crippen LogP contribution in [0.3, 0.4) is 0 Å². The molecule has 1 aliphatic rings. The third-order valence-electron chi connectivity index (χ3n) is 6.38. The van der Waals surface area contributed by atoms with Crippen LogP contribution in [0.1, 0.15) is 40.0 Å². The minimum absolute atomic E-state index is 0.0132. The molecule has 1 fully saturated rings. The first kappa shape index (κ1) is 21.8. The second-order valence-corrected chi connectivity index (χ2v) is 8.87. The van der Waals surface area contributed by atoms with E-state index in [0.717, 1.165) is 24.0 Å². The van der Waals surface area contributed by atoms with Crippen molar-refractivity contribution < 1.29 is 18.8 Å². The fourth-order valence-corrected chi connectivity index (χ4v) is 4.17. The molecule has 0 bridgehead atoms. The average Bonchev–Trinajstić information content (AvgIpc) is 3.57. The van der Waals surface area contributed by atoms with E-state index in [4.69, 9.17) is 9.26 Å². The number of rotatable bonds is 7. The van der Waals surface area contributed by atoms with Gasteiger partial charge in [0.25, 0.3) is 11.6 Å². The number of esters is 1. The summed E-state index contributed by atoms with van der Waals surface area (Å²) in [6.07, 6.45) is 2.06. The van der Waals surface area contributed by atoms with E-state index in [9.17, 15) is 9.59 Å². The number of nitrogens with zero attached hydrogens (tertiary/aromatic N) is 2. The number of carbonyl (C=O) groups is 2. The van der Waals surface area contributed by atoms with Crippen molar-refractivity contribution >= 4 is 23.0 Å². The summed E-state index contributed by atoms with van der Waals surface area (Å²) in [6.45, 7) is 3.90. The molecule has 0 aliphatic heterocycles. The van der Waals surface area contributed by atoms with Crippen LogP contribution in [-0.2, 0) is 14.9 Å². The van der Waals surface area contributed by atoms with Crippen LogP contribution in [0.4, 0.5) is 0 Å². The predicted octanol–water partition coefficient (Wildman–Crippen LogP) is 4.51. The van der Waals surface area contributed by atoms with Crippen molar-refractivity contribution in [3.63, 3.8) is 0 Å². The summed E-state index contributed by atoms with van der Waals surface area (Å²) in [6, 6.07) is 19.6. The molecule has 2 heterocycles. The Hall–Kier alpha value is -4.00. The summed E-state index contributed by atoms with van der Waals surface area (Å²) in [5.41, 5.74) is 4.79. The van der Waals surface area contributed by atoms with E-state index in [1.54, 1.807) is 13.0 Å². The van der Waals surface area contributed by atoms with E-state index in [0.29, 0.717) is 23.3 Å². The van der Waals surface area contributed by atoms with E-state index < -0.39 is 5.97 Å². The highest BCUT2D eigenvalue weighted by atomic mass is 16.5. The van der Waals surface area contributed by atoms with Gasteiger partial charge in [-0.2, -0.15) is 0 Å². The van der Waals surface area contributed by atoms with Crippen molar-refractivity contribution in [1.29, 1.82) is 0 Å². The number of amides is 1. The number of aryl methyl sites for hydroxylation is 2. The molecular formula is C27H25N3O4. The monoisotopic (exact) mass is 455 g/mol. The Bertz CT molecular complexity index is 1360. The standard InChI is InChI=1S/C27H25N3O4/c1-17-8-10-19(11-9-17)22-14-21(24-18(2)30-34-25(24)29-22)26(32)33-15-23(31)28-16-27(12-13-27)20-6-4-3-5-7-20/h3-11,14H,12-13,15-16H2,1-2H3,(H,28,31). The highest BCUT2D eigenvalue weighted by Crippen LogP contribution is 2.47. The molecule has 172 valence electrons. The molecule has 0 spiro atoms. The Kier molecular flexibility index (Phi) is 5.61. The van der Waals surface area contributed by atoms with Crippen LogP contribution in [0.25, 0.3) is 22.4 Å². The minimum Gasteiger partial charge on any atom is -0.452 e. The van der Waals surface area contributed by atoms with Gasteiger partial charge in [-0.15, -0.1) is 0 Å². The summed E-state index contributed by atoms with van der Waals surface area (Å²) < 4.78 is 10.7. The molecule has 1 aliphatic carbocycles. The van der Waals surface area contributed by atoms with E-state index in [-0.39, 0.29) is 29.2 Å². The lowest BCUT2D eigenvalue weighted by atomic mass is 9.96. The second kappa shape index (κ2) is 8.74. The first-order valence-electron chi connectivity index (χ1n) is 11.3. The fourth-order valence-electron chi connectivity index (χ4n) is 4.17. The highest BCUT2D eigenvalue weighted by molar-refractivity contribution is 6.04. The van der Waals surface area contributed by atoms with Gasteiger partial charge in [-0.25, -0.2) is 9.78 Å². The number of aromatic nitrogens is 2. The number of hydrogen-bond donors (Lipinski definition) is 1. The first-order chi connectivity index (χ1) is 16.4. The molecule has 4 aromatic rings. The van der Waals surface area contributed by atoms with Gasteiger partial charge in [0, 0.05) is 17.5 Å². The van der Waals surface area contributed by atoms with Gasteiger partial charge >= 0.3 is 5.97 Å². The van der Waals surface area contributed by atoms with Gasteiger partial charge in [0.15, 0.2) is 6.61 Å². The second-order valence-electron chi connectivity index (χ2n) is 8.87.